The second-order valence-electron chi connectivity index (χ2n) is 7.03. The van der Waals surface area contributed by atoms with Crippen LogP contribution < -0.4 is 5.32 Å². The molecule has 3 aromatic rings. The molecule has 1 fully saturated rings. The van der Waals surface area contributed by atoms with Crippen LogP contribution in [-0.4, -0.2) is 37.5 Å². The summed E-state index contributed by atoms with van der Waals surface area (Å²) in [7, 11) is 0. The molecule has 1 saturated carbocycles. The summed E-state index contributed by atoms with van der Waals surface area (Å²) in [4.78, 5) is 12.3. The number of benzene rings is 1. The van der Waals surface area contributed by atoms with E-state index in [9.17, 15) is 4.79 Å². The molecule has 0 atom stereocenters. The maximum Gasteiger partial charge on any atom is 0.230 e. The first-order chi connectivity index (χ1) is 13.2. The van der Waals surface area contributed by atoms with Gasteiger partial charge in [-0.2, -0.15) is 9.61 Å². The van der Waals surface area contributed by atoms with Gasteiger partial charge in [-0.05, 0) is 31.9 Å². The van der Waals surface area contributed by atoms with E-state index in [0.717, 1.165) is 24.1 Å². The van der Waals surface area contributed by atoms with Crippen molar-refractivity contribution in [1.29, 1.82) is 0 Å². The Labute approximate surface area is 162 Å². The first-order valence-corrected chi connectivity index (χ1v) is 10.4. The lowest BCUT2D eigenvalue weighted by atomic mass is 9.95. The predicted octanol–water partition coefficient (Wildman–Crippen LogP) is 3.64. The molecule has 1 aliphatic rings. The lowest BCUT2D eigenvalue weighted by Crippen LogP contribution is -2.37. The van der Waals surface area contributed by atoms with Crippen LogP contribution in [0.5, 0.6) is 0 Å². The van der Waals surface area contributed by atoms with Crippen molar-refractivity contribution in [2.75, 3.05) is 5.75 Å². The van der Waals surface area contributed by atoms with Gasteiger partial charge in [0.15, 0.2) is 5.65 Å². The lowest BCUT2D eigenvalue weighted by Gasteiger charge is -2.22. The highest BCUT2D eigenvalue weighted by Crippen LogP contribution is 2.22. The molecule has 27 heavy (non-hydrogen) atoms. The van der Waals surface area contributed by atoms with Crippen LogP contribution in [0, 0.1) is 6.92 Å². The number of aromatic nitrogens is 4. The molecular formula is C20H23N5OS. The van der Waals surface area contributed by atoms with Crippen LogP contribution in [-0.2, 0) is 4.79 Å². The van der Waals surface area contributed by atoms with Crippen molar-refractivity contribution in [1.82, 2.24) is 25.1 Å². The smallest absolute Gasteiger partial charge is 0.230 e. The SMILES string of the molecule is Cc1ccc(-c2ccc3nnc(SCC(=O)NC4CCCCC4)n3n2)cc1. The molecule has 0 spiro atoms. The third kappa shape index (κ3) is 4.30. The number of hydrogen-bond acceptors (Lipinski definition) is 5. The fourth-order valence-corrected chi connectivity index (χ4v) is 4.08. The number of hydrogen-bond donors (Lipinski definition) is 1. The maximum atomic E-state index is 12.3. The van der Waals surface area contributed by atoms with Crippen molar-refractivity contribution in [2.24, 2.45) is 0 Å². The minimum Gasteiger partial charge on any atom is -0.353 e. The third-order valence-electron chi connectivity index (χ3n) is 4.88. The van der Waals surface area contributed by atoms with Crippen molar-refractivity contribution in [3.8, 4) is 11.3 Å². The summed E-state index contributed by atoms with van der Waals surface area (Å²) >= 11 is 1.37. The molecule has 0 unspecified atom stereocenters. The van der Waals surface area contributed by atoms with E-state index in [1.165, 1.54) is 36.6 Å². The molecule has 1 aliphatic carbocycles. The minimum absolute atomic E-state index is 0.0540. The van der Waals surface area contributed by atoms with Gasteiger partial charge in [0.1, 0.15) is 0 Å². The molecule has 6 nitrogen and oxygen atoms in total. The zero-order chi connectivity index (χ0) is 18.6. The van der Waals surface area contributed by atoms with Gasteiger partial charge in [-0.15, -0.1) is 10.2 Å². The quantitative estimate of drug-likeness (QED) is 0.683. The van der Waals surface area contributed by atoms with Gasteiger partial charge in [-0.3, -0.25) is 4.79 Å². The summed E-state index contributed by atoms with van der Waals surface area (Å²) in [6.45, 7) is 2.06. The second-order valence-corrected chi connectivity index (χ2v) is 7.97. The molecule has 140 valence electrons. The number of nitrogens with zero attached hydrogens (tertiary/aromatic N) is 4. The molecule has 7 heteroatoms. The second kappa shape index (κ2) is 8.08. The topological polar surface area (TPSA) is 72.2 Å². The average molecular weight is 382 g/mol. The highest BCUT2D eigenvalue weighted by Gasteiger charge is 2.17. The van der Waals surface area contributed by atoms with Crippen molar-refractivity contribution in [3.05, 3.63) is 42.0 Å². The molecule has 4 rings (SSSR count). The first-order valence-electron chi connectivity index (χ1n) is 9.41. The molecule has 1 amide bonds. The van der Waals surface area contributed by atoms with Gasteiger partial charge in [-0.1, -0.05) is 60.9 Å². The number of carbonyl (C=O) groups is 1. The van der Waals surface area contributed by atoms with E-state index in [4.69, 9.17) is 0 Å². The zero-order valence-electron chi connectivity index (χ0n) is 15.4. The number of aryl methyl sites for hydroxylation is 1. The van der Waals surface area contributed by atoms with Gasteiger partial charge in [0, 0.05) is 11.6 Å². The molecule has 0 saturated heterocycles. The summed E-state index contributed by atoms with van der Waals surface area (Å²) < 4.78 is 1.72. The number of rotatable bonds is 5. The molecule has 2 aromatic heterocycles. The molecule has 0 aliphatic heterocycles. The molecular weight excluding hydrogens is 358 g/mol. The van der Waals surface area contributed by atoms with E-state index < -0.39 is 0 Å². The number of fused-ring (bicyclic) bond motifs is 1. The van der Waals surface area contributed by atoms with E-state index in [1.807, 2.05) is 12.1 Å². The Bertz CT molecular complexity index is 931. The minimum atomic E-state index is 0.0540. The third-order valence-corrected chi connectivity index (χ3v) is 5.80. The summed E-state index contributed by atoms with van der Waals surface area (Å²) in [6, 6.07) is 12.4. The Hall–Kier alpha value is -2.41. The highest BCUT2D eigenvalue weighted by atomic mass is 32.2. The standard InChI is InChI=1S/C20H23N5OS/c1-14-7-9-15(10-8-14)17-11-12-18-22-23-20(25(18)24-17)27-13-19(26)21-16-5-3-2-4-6-16/h7-12,16H,2-6,13H2,1H3,(H,21,26). The van der Waals surface area contributed by atoms with Crippen molar-refractivity contribution in [3.63, 3.8) is 0 Å². The van der Waals surface area contributed by atoms with Crippen LogP contribution in [0.15, 0.2) is 41.6 Å². The van der Waals surface area contributed by atoms with Crippen LogP contribution >= 0.6 is 11.8 Å². The van der Waals surface area contributed by atoms with Gasteiger partial charge in [0.05, 0.1) is 11.4 Å². The number of carbonyl (C=O) groups excluding carboxylic acids is 1. The molecule has 0 radical (unpaired) electrons. The van der Waals surface area contributed by atoms with Gasteiger partial charge >= 0.3 is 0 Å². The summed E-state index contributed by atoms with van der Waals surface area (Å²) in [5.41, 5.74) is 3.79. The van der Waals surface area contributed by atoms with Crippen LogP contribution in [0.3, 0.4) is 0 Å². The Morgan fingerprint density at radius 1 is 1.11 bits per heavy atom. The van der Waals surface area contributed by atoms with Crippen molar-refractivity contribution in [2.45, 2.75) is 50.2 Å². The van der Waals surface area contributed by atoms with E-state index >= 15 is 0 Å². The molecule has 2 heterocycles. The Kier molecular flexibility index (Phi) is 5.38. The maximum absolute atomic E-state index is 12.3. The van der Waals surface area contributed by atoms with Crippen LogP contribution in [0.1, 0.15) is 37.7 Å². The van der Waals surface area contributed by atoms with Crippen LogP contribution in [0.2, 0.25) is 0 Å². The van der Waals surface area contributed by atoms with E-state index in [2.05, 4.69) is 51.8 Å². The Morgan fingerprint density at radius 3 is 2.67 bits per heavy atom. The zero-order valence-corrected chi connectivity index (χ0v) is 16.2. The first kappa shape index (κ1) is 18.0. The highest BCUT2D eigenvalue weighted by molar-refractivity contribution is 7.99. The van der Waals surface area contributed by atoms with Crippen molar-refractivity contribution < 1.29 is 4.79 Å². The average Bonchev–Trinajstić information content (AvgIpc) is 3.10. The number of nitrogens with one attached hydrogen (secondary N) is 1. The van der Waals surface area contributed by atoms with E-state index in [-0.39, 0.29) is 5.91 Å². The lowest BCUT2D eigenvalue weighted by molar-refractivity contribution is -0.119. The fraction of sp³-hybridized carbons (Fsp3) is 0.400. The van der Waals surface area contributed by atoms with E-state index in [0.29, 0.717) is 22.6 Å². The molecule has 1 N–H and O–H groups in total. The van der Waals surface area contributed by atoms with Crippen LogP contribution in [0.4, 0.5) is 0 Å². The summed E-state index contributed by atoms with van der Waals surface area (Å²) in [5.74, 6) is 0.381. The van der Waals surface area contributed by atoms with Crippen LogP contribution in [0.25, 0.3) is 16.9 Å². The number of thioether (sulfide) groups is 1. The van der Waals surface area contributed by atoms with Gasteiger partial charge in [-0.25, -0.2) is 0 Å². The predicted molar refractivity (Wildman–Crippen MR) is 107 cm³/mol. The summed E-state index contributed by atoms with van der Waals surface area (Å²) in [6.07, 6.45) is 5.87. The van der Waals surface area contributed by atoms with Gasteiger partial charge in [0.25, 0.3) is 0 Å². The Balaban J connectivity index is 1.46. The van der Waals surface area contributed by atoms with Crippen molar-refractivity contribution >= 4 is 23.3 Å². The summed E-state index contributed by atoms with van der Waals surface area (Å²) in [5, 5.41) is 16.8. The van der Waals surface area contributed by atoms with E-state index in [1.54, 1.807) is 4.52 Å². The van der Waals surface area contributed by atoms with Gasteiger partial charge < -0.3 is 5.32 Å². The largest absolute Gasteiger partial charge is 0.353 e. The van der Waals surface area contributed by atoms with Gasteiger partial charge in [0.2, 0.25) is 11.1 Å². The molecule has 0 bridgehead atoms. The normalized spacial score (nSPS) is 15.1. The fourth-order valence-electron chi connectivity index (χ4n) is 3.38. The number of amides is 1. The monoisotopic (exact) mass is 381 g/mol. The molecule has 1 aromatic carbocycles. The Morgan fingerprint density at radius 2 is 1.89 bits per heavy atom.